The maximum Gasteiger partial charge on any atom is 0.335 e. The predicted octanol–water partition coefficient (Wildman–Crippen LogP) is 3.15. The van der Waals surface area contributed by atoms with Gasteiger partial charge in [-0.3, -0.25) is 0 Å². The number of rotatable bonds is 5. The average molecular weight is 257 g/mol. The van der Waals surface area contributed by atoms with Gasteiger partial charge in [-0.25, -0.2) is 4.79 Å². The molecule has 0 aliphatic heterocycles. The van der Waals surface area contributed by atoms with E-state index in [0.717, 1.165) is 18.0 Å². The fourth-order valence-electron chi connectivity index (χ4n) is 2.18. The van der Waals surface area contributed by atoms with Gasteiger partial charge in [-0.05, 0) is 49.2 Å². The lowest BCUT2D eigenvalue weighted by molar-refractivity contribution is 0.0697. The number of aromatic carboxylic acids is 1. The summed E-state index contributed by atoms with van der Waals surface area (Å²) in [5, 5.41) is 8.91. The zero-order valence-corrected chi connectivity index (χ0v) is 10.5. The van der Waals surface area contributed by atoms with Crippen LogP contribution in [0.4, 0.5) is 5.69 Å². The molecule has 1 aliphatic rings. The van der Waals surface area contributed by atoms with Crippen LogP contribution in [0.2, 0.25) is 0 Å². The van der Waals surface area contributed by atoms with Crippen molar-refractivity contribution in [2.45, 2.75) is 25.4 Å². The van der Waals surface area contributed by atoms with Crippen molar-refractivity contribution in [2.75, 3.05) is 4.90 Å². The number of anilines is 1. The number of carboxylic acids is 1. The monoisotopic (exact) mass is 257 g/mol. The van der Waals surface area contributed by atoms with E-state index in [-0.39, 0.29) is 0 Å². The first kappa shape index (κ1) is 11.8. The van der Waals surface area contributed by atoms with Gasteiger partial charge in [0.1, 0.15) is 5.76 Å². The highest BCUT2D eigenvalue weighted by molar-refractivity contribution is 5.88. The topological polar surface area (TPSA) is 53.7 Å². The van der Waals surface area contributed by atoms with Crippen molar-refractivity contribution in [1.82, 2.24) is 0 Å². The van der Waals surface area contributed by atoms with Crippen molar-refractivity contribution in [1.29, 1.82) is 0 Å². The first-order valence-electron chi connectivity index (χ1n) is 6.36. The second-order valence-corrected chi connectivity index (χ2v) is 4.79. The lowest BCUT2D eigenvalue weighted by Gasteiger charge is -2.23. The minimum absolute atomic E-state index is 0.317. The largest absolute Gasteiger partial charge is 0.478 e. The molecule has 4 heteroatoms. The van der Waals surface area contributed by atoms with Crippen LogP contribution in [0, 0.1) is 0 Å². The van der Waals surface area contributed by atoms with Gasteiger partial charge in [-0.15, -0.1) is 0 Å². The van der Waals surface area contributed by atoms with E-state index in [4.69, 9.17) is 9.52 Å². The number of carbonyl (C=O) groups is 1. The Hall–Kier alpha value is -2.23. The van der Waals surface area contributed by atoms with Crippen LogP contribution in [0.25, 0.3) is 0 Å². The Morgan fingerprint density at radius 2 is 2.00 bits per heavy atom. The zero-order valence-electron chi connectivity index (χ0n) is 10.5. The predicted molar refractivity (Wildman–Crippen MR) is 71.3 cm³/mol. The highest BCUT2D eigenvalue weighted by atomic mass is 16.4. The van der Waals surface area contributed by atoms with Gasteiger partial charge in [-0.1, -0.05) is 0 Å². The van der Waals surface area contributed by atoms with E-state index in [2.05, 4.69) is 4.90 Å². The molecule has 1 aliphatic carbocycles. The van der Waals surface area contributed by atoms with E-state index >= 15 is 0 Å². The van der Waals surface area contributed by atoms with E-state index in [9.17, 15) is 4.79 Å². The fraction of sp³-hybridized carbons (Fsp3) is 0.267. The number of hydrogen-bond acceptors (Lipinski definition) is 3. The minimum Gasteiger partial charge on any atom is -0.478 e. The molecule has 0 saturated heterocycles. The maximum atomic E-state index is 10.9. The van der Waals surface area contributed by atoms with Crippen LogP contribution in [0.3, 0.4) is 0 Å². The molecule has 19 heavy (non-hydrogen) atoms. The molecule has 4 nitrogen and oxygen atoms in total. The highest BCUT2D eigenvalue weighted by Gasteiger charge is 2.29. The summed E-state index contributed by atoms with van der Waals surface area (Å²) >= 11 is 0. The molecule has 1 fully saturated rings. The lowest BCUT2D eigenvalue weighted by atomic mass is 10.2. The van der Waals surface area contributed by atoms with Crippen molar-refractivity contribution in [3.63, 3.8) is 0 Å². The number of benzene rings is 1. The van der Waals surface area contributed by atoms with Gasteiger partial charge in [0.25, 0.3) is 0 Å². The third kappa shape index (κ3) is 2.62. The second kappa shape index (κ2) is 4.80. The molecule has 0 bridgehead atoms. The lowest BCUT2D eigenvalue weighted by Crippen LogP contribution is -2.24. The summed E-state index contributed by atoms with van der Waals surface area (Å²) in [5.74, 6) is 0.0322. The van der Waals surface area contributed by atoms with Crippen LogP contribution < -0.4 is 4.90 Å². The Balaban J connectivity index is 1.81. The Bertz CT molecular complexity index is 556. The van der Waals surface area contributed by atoms with Crippen molar-refractivity contribution in [3.05, 3.63) is 54.0 Å². The van der Waals surface area contributed by atoms with E-state index < -0.39 is 5.97 Å². The van der Waals surface area contributed by atoms with Crippen LogP contribution in [-0.2, 0) is 6.54 Å². The first-order valence-corrected chi connectivity index (χ1v) is 6.36. The summed E-state index contributed by atoms with van der Waals surface area (Å²) in [6, 6.07) is 11.4. The van der Waals surface area contributed by atoms with Crippen LogP contribution in [0.1, 0.15) is 29.0 Å². The Kier molecular flexibility index (Phi) is 2.99. The van der Waals surface area contributed by atoms with Crippen LogP contribution in [0.5, 0.6) is 0 Å². The standard InChI is InChI=1S/C15H15NO3/c17-15(18)11-3-5-12(6-4-11)16(13-7-8-13)10-14-2-1-9-19-14/h1-6,9,13H,7-8,10H2,(H,17,18). The molecule has 1 aromatic heterocycles. The number of hydrogen-bond donors (Lipinski definition) is 1. The smallest absolute Gasteiger partial charge is 0.335 e. The van der Waals surface area contributed by atoms with E-state index in [1.807, 2.05) is 24.3 Å². The van der Waals surface area contributed by atoms with Gasteiger partial charge in [0.2, 0.25) is 0 Å². The van der Waals surface area contributed by atoms with Gasteiger partial charge < -0.3 is 14.4 Å². The van der Waals surface area contributed by atoms with Crippen molar-refractivity contribution >= 4 is 11.7 Å². The molecule has 1 heterocycles. The SMILES string of the molecule is O=C(O)c1ccc(N(Cc2ccco2)C2CC2)cc1. The molecule has 1 saturated carbocycles. The highest BCUT2D eigenvalue weighted by Crippen LogP contribution is 2.33. The Labute approximate surface area is 111 Å². The van der Waals surface area contributed by atoms with Crippen molar-refractivity contribution in [3.8, 4) is 0 Å². The van der Waals surface area contributed by atoms with Crippen LogP contribution >= 0.6 is 0 Å². The first-order chi connectivity index (χ1) is 9.24. The van der Waals surface area contributed by atoms with Gasteiger partial charge in [0, 0.05) is 11.7 Å². The molecule has 3 rings (SSSR count). The normalized spacial score (nSPS) is 14.3. The number of carboxylic acid groups (broad SMARTS) is 1. The van der Waals surface area contributed by atoms with Crippen LogP contribution in [0.15, 0.2) is 47.1 Å². The third-order valence-corrected chi connectivity index (χ3v) is 3.34. The fourth-order valence-corrected chi connectivity index (χ4v) is 2.18. The van der Waals surface area contributed by atoms with E-state index in [1.165, 1.54) is 12.8 Å². The zero-order chi connectivity index (χ0) is 13.2. The van der Waals surface area contributed by atoms with Gasteiger partial charge in [-0.2, -0.15) is 0 Å². The van der Waals surface area contributed by atoms with Gasteiger partial charge >= 0.3 is 5.97 Å². The molecule has 0 unspecified atom stereocenters. The summed E-state index contributed by atoms with van der Waals surface area (Å²) in [6.07, 6.45) is 4.04. The molecule has 98 valence electrons. The Morgan fingerprint density at radius 3 is 2.53 bits per heavy atom. The van der Waals surface area contributed by atoms with Gasteiger partial charge in [0.15, 0.2) is 0 Å². The summed E-state index contributed by atoms with van der Waals surface area (Å²) in [5.41, 5.74) is 1.36. The molecular weight excluding hydrogens is 242 g/mol. The van der Waals surface area contributed by atoms with Crippen molar-refractivity contribution in [2.24, 2.45) is 0 Å². The molecule has 0 atom stereocenters. The minimum atomic E-state index is -0.893. The summed E-state index contributed by atoms with van der Waals surface area (Å²) < 4.78 is 5.39. The third-order valence-electron chi connectivity index (χ3n) is 3.34. The molecular formula is C15H15NO3. The molecule has 0 amide bonds. The molecule has 0 spiro atoms. The molecule has 1 N–H and O–H groups in total. The molecule has 2 aromatic rings. The second-order valence-electron chi connectivity index (χ2n) is 4.79. The Morgan fingerprint density at radius 1 is 1.26 bits per heavy atom. The molecule has 0 radical (unpaired) electrons. The van der Waals surface area contributed by atoms with E-state index in [1.54, 1.807) is 18.4 Å². The van der Waals surface area contributed by atoms with E-state index in [0.29, 0.717) is 11.6 Å². The van der Waals surface area contributed by atoms with Crippen LogP contribution in [-0.4, -0.2) is 17.1 Å². The van der Waals surface area contributed by atoms with Crippen molar-refractivity contribution < 1.29 is 14.3 Å². The number of nitrogens with zero attached hydrogens (tertiary/aromatic N) is 1. The quantitative estimate of drug-likeness (QED) is 0.894. The molecule has 1 aromatic carbocycles. The average Bonchev–Trinajstić information content (AvgIpc) is 3.13. The number of furan rings is 1. The van der Waals surface area contributed by atoms with Gasteiger partial charge in [0.05, 0.1) is 18.4 Å². The summed E-state index contributed by atoms with van der Waals surface area (Å²) in [4.78, 5) is 13.1. The summed E-state index contributed by atoms with van der Waals surface area (Å²) in [6.45, 7) is 0.726. The maximum absolute atomic E-state index is 10.9. The summed E-state index contributed by atoms with van der Waals surface area (Å²) in [7, 11) is 0.